The van der Waals surface area contributed by atoms with Crippen LogP contribution < -0.4 is 4.74 Å². The number of piperidine rings is 1. The Hall–Kier alpha value is -1.84. The summed E-state index contributed by atoms with van der Waals surface area (Å²) in [6.07, 6.45) is 1.73. The molecule has 1 amide bonds. The Kier molecular flexibility index (Phi) is 3.97. The second kappa shape index (κ2) is 5.67. The number of carbonyl (C=O) groups is 1. The third-order valence-electron chi connectivity index (χ3n) is 3.00. The predicted molar refractivity (Wildman–Crippen MR) is 66.8 cm³/mol. The molecular weight excluding hydrogens is 233 g/mol. The first-order valence-electron chi connectivity index (χ1n) is 5.98. The summed E-state index contributed by atoms with van der Waals surface area (Å²) in [5.41, 5.74) is 1.19. The van der Waals surface area contributed by atoms with E-state index in [1.54, 1.807) is 4.90 Å². The number of ether oxygens (including phenoxy) is 1. The van der Waals surface area contributed by atoms with E-state index in [2.05, 4.69) is 6.58 Å². The first-order valence-corrected chi connectivity index (χ1v) is 5.98. The van der Waals surface area contributed by atoms with Crippen molar-refractivity contribution in [2.75, 3.05) is 19.7 Å². The van der Waals surface area contributed by atoms with E-state index in [4.69, 9.17) is 4.74 Å². The van der Waals surface area contributed by atoms with Crippen LogP contribution >= 0.6 is 0 Å². The van der Waals surface area contributed by atoms with Crippen LogP contribution in [0.4, 0.5) is 4.39 Å². The molecule has 0 spiro atoms. The second-order valence-corrected chi connectivity index (χ2v) is 4.37. The number of amides is 1. The lowest BCUT2D eigenvalue weighted by Crippen LogP contribution is -2.39. The van der Waals surface area contributed by atoms with Gasteiger partial charge in [-0.3, -0.25) is 4.79 Å². The molecule has 18 heavy (non-hydrogen) atoms. The number of nitrogens with zero attached hydrogens (tertiary/aromatic N) is 1. The van der Waals surface area contributed by atoms with E-state index < -0.39 is 0 Å². The smallest absolute Gasteiger partial charge is 0.260 e. The van der Waals surface area contributed by atoms with Crippen molar-refractivity contribution in [3.05, 3.63) is 42.2 Å². The van der Waals surface area contributed by atoms with Gasteiger partial charge >= 0.3 is 0 Å². The fourth-order valence-corrected chi connectivity index (χ4v) is 1.84. The highest BCUT2D eigenvalue weighted by atomic mass is 19.1. The SMILES string of the molecule is C=C1CCN(C(=O)COc2ccc(F)cc2)CC1. The van der Waals surface area contributed by atoms with Crippen molar-refractivity contribution in [1.29, 1.82) is 0 Å². The summed E-state index contributed by atoms with van der Waals surface area (Å²) in [5, 5.41) is 0. The van der Waals surface area contributed by atoms with Crippen LogP contribution in [0.25, 0.3) is 0 Å². The molecule has 0 aromatic heterocycles. The number of hydrogen-bond acceptors (Lipinski definition) is 2. The topological polar surface area (TPSA) is 29.5 Å². The number of carbonyl (C=O) groups excluding carboxylic acids is 1. The van der Waals surface area contributed by atoms with Gasteiger partial charge in [0, 0.05) is 13.1 Å². The van der Waals surface area contributed by atoms with Crippen molar-refractivity contribution in [1.82, 2.24) is 4.90 Å². The Morgan fingerprint density at radius 1 is 1.28 bits per heavy atom. The molecule has 0 radical (unpaired) electrons. The van der Waals surface area contributed by atoms with Gasteiger partial charge in [0.2, 0.25) is 0 Å². The molecule has 1 heterocycles. The number of hydrogen-bond donors (Lipinski definition) is 0. The Balaban J connectivity index is 1.81. The molecule has 96 valence electrons. The monoisotopic (exact) mass is 249 g/mol. The molecule has 0 bridgehead atoms. The number of rotatable bonds is 3. The maximum Gasteiger partial charge on any atom is 0.260 e. The van der Waals surface area contributed by atoms with Crippen molar-refractivity contribution in [3.8, 4) is 5.75 Å². The van der Waals surface area contributed by atoms with E-state index in [9.17, 15) is 9.18 Å². The molecular formula is C14H16FNO2. The Morgan fingerprint density at radius 2 is 1.89 bits per heavy atom. The molecule has 0 N–H and O–H groups in total. The van der Waals surface area contributed by atoms with Crippen molar-refractivity contribution in [2.24, 2.45) is 0 Å². The van der Waals surface area contributed by atoms with E-state index in [1.165, 1.54) is 29.8 Å². The van der Waals surface area contributed by atoms with E-state index in [1.807, 2.05) is 0 Å². The minimum atomic E-state index is -0.316. The van der Waals surface area contributed by atoms with Gasteiger partial charge in [0.05, 0.1) is 0 Å². The summed E-state index contributed by atoms with van der Waals surface area (Å²) >= 11 is 0. The summed E-state index contributed by atoms with van der Waals surface area (Å²) in [5.74, 6) is 0.154. The quantitative estimate of drug-likeness (QED) is 0.770. The Bertz CT molecular complexity index is 432. The molecule has 1 saturated heterocycles. The average molecular weight is 249 g/mol. The molecule has 4 heteroatoms. The van der Waals surface area contributed by atoms with Crippen LogP contribution in [0.15, 0.2) is 36.4 Å². The van der Waals surface area contributed by atoms with Gasteiger partial charge < -0.3 is 9.64 Å². The molecule has 3 nitrogen and oxygen atoms in total. The Morgan fingerprint density at radius 3 is 2.50 bits per heavy atom. The van der Waals surface area contributed by atoms with Gasteiger partial charge in [0.25, 0.3) is 5.91 Å². The molecule has 0 aliphatic carbocycles. The number of benzene rings is 1. The third-order valence-corrected chi connectivity index (χ3v) is 3.00. The molecule has 1 aromatic carbocycles. The van der Waals surface area contributed by atoms with Gasteiger partial charge in [-0.1, -0.05) is 12.2 Å². The van der Waals surface area contributed by atoms with Crippen LogP contribution in [0, 0.1) is 5.82 Å². The van der Waals surface area contributed by atoms with E-state index >= 15 is 0 Å². The zero-order chi connectivity index (χ0) is 13.0. The molecule has 0 atom stereocenters. The average Bonchev–Trinajstić information content (AvgIpc) is 2.38. The Labute approximate surface area is 106 Å². The zero-order valence-electron chi connectivity index (χ0n) is 10.2. The highest BCUT2D eigenvalue weighted by Gasteiger charge is 2.18. The van der Waals surface area contributed by atoms with Crippen molar-refractivity contribution in [3.63, 3.8) is 0 Å². The summed E-state index contributed by atoms with van der Waals surface area (Å²) in [6.45, 7) is 5.33. The van der Waals surface area contributed by atoms with Crippen molar-refractivity contribution >= 4 is 5.91 Å². The summed E-state index contributed by atoms with van der Waals surface area (Å²) in [6, 6.07) is 5.65. The molecule has 1 fully saturated rings. The largest absolute Gasteiger partial charge is 0.484 e. The molecule has 1 aliphatic rings. The van der Waals surface area contributed by atoms with Crippen LogP contribution in [0.3, 0.4) is 0 Å². The molecule has 2 rings (SSSR count). The maximum atomic E-state index is 12.7. The highest BCUT2D eigenvalue weighted by molar-refractivity contribution is 5.78. The summed E-state index contributed by atoms with van der Waals surface area (Å²) in [4.78, 5) is 13.6. The van der Waals surface area contributed by atoms with Gasteiger partial charge in [-0.2, -0.15) is 0 Å². The van der Waals surface area contributed by atoms with Crippen LogP contribution in [-0.4, -0.2) is 30.5 Å². The van der Waals surface area contributed by atoms with Crippen LogP contribution in [0.1, 0.15) is 12.8 Å². The minimum Gasteiger partial charge on any atom is -0.484 e. The first kappa shape index (κ1) is 12.6. The van der Waals surface area contributed by atoms with Crippen LogP contribution in [-0.2, 0) is 4.79 Å². The first-order chi connectivity index (χ1) is 8.65. The predicted octanol–water partition coefficient (Wildman–Crippen LogP) is 2.38. The zero-order valence-corrected chi connectivity index (χ0v) is 10.2. The van der Waals surface area contributed by atoms with Gasteiger partial charge in [-0.25, -0.2) is 4.39 Å². The molecule has 1 aromatic rings. The van der Waals surface area contributed by atoms with E-state index in [0.29, 0.717) is 18.8 Å². The lowest BCUT2D eigenvalue weighted by molar-refractivity contribution is -0.133. The summed E-state index contributed by atoms with van der Waals surface area (Å²) in [7, 11) is 0. The molecule has 0 saturated carbocycles. The fourth-order valence-electron chi connectivity index (χ4n) is 1.84. The van der Waals surface area contributed by atoms with Gasteiger partial charge in [-0.15, -0.1) is 0 Å². The normalized spacial score (nSPS) is 15.6. The summed E-state index contributed by atoms with van der Waals surface area (Å²) < 4.78 is 18.0. The highest BCUT2D eigenvalue weighted by Crippen LogP contribution is 2.15. The lowest BCUT2D eigenvalue weighted by atomic mass is 10.1. The molecule has 0 unspecified atom stereocenters. The van der Waals surface area contributed by atoms with Crippen molar-refractivity contribution in [2.45, 2.75) is 12.8 Å². The lowest BCUT2D eigenvalue weighted by Gasteiger charge is -2.27. The number of halogens is 1. The van der Waals surface area contributed by atoms with Gasteiger partial charge in [-0.05, 0) is 37.1 Å². The third kappa shape index (κ3) is 3.32. The van der Waals surface area contributed by atoms with Gasteiger partial charge in [0.15, 0.2) is 6.61 Å². The fraction of sp³-hybridized carbons (Fsp3) is 0.357. The van der Waals surface area contributed by atoms with Crippen molar-refractivity contribution < 1.29 is 13.9 Å². The standard InChI is InChI=1S/C14H16FNO2/c1-11-6-8-16(9-7-11)14(17)10-18-13-4-2-12(15)3-5-13/h2-5H,1,6-10H2. The van der Waals surface area contributed by atoms with E-state index in [-0.39, 0.29) is 18.3 Å². The minimum absolute atomic E-state index is 0.00188. The maximum absolute atomic E-state index is 12.7. The second-order valence-electron chi connectivity index (χ2n) is 4.37. The van der Waals surface area contributed by atoms with E-state index in [0.717, 1.165) is 12.8 Å². The number of likely N-dealkylation sites (tertiary alicyclic amines) is 1. The molecule has 1 aliphatic heterocycles. The van der Waals surface area contributed by atoms with Crippen LogP contribution in [0.5, 0.6) is 5.75 Å². The van der Waals surface area contributed by atoms with Gasteiger partial charge in [0.1, 0.15) is 11.6 Å². The van der Waals surface area contributed by atoms with Crippen LogP contribution in [0.2, 0.25) is 0 Å².